The summed E-state index contributed by atoms with van der Waals surface area (Å²) in [5.74, 6) is -1.21. The monoisotopic (exact) mass is 411 g/mol. The van der Waals surface area contributed by atoms with Crippen LogP contribution in [0.5, 0.6) is 0 Å². The first-order valence-corrected chi connectivity index (χ1v) is 7.65. The van der Waals surface area contributed by atoms with Gasteiger partial charge in [0.2, 0.25) is 0 Å². The van der Waals surface area contributed by atoms with Crippen LogP contribution in [0.15, 0.2) is 51.4 Å². The van der Waals surface area contributed by atoms with E-state index in [1.165, 1.54) is 0 Å². The van der Waals surface area contributed by atoms with Gasteiger partial charge in [-0.15, -0.1) is 0 Å². The van der Waals surface area contributed by atoms with E-state index >= 15 is 0 Å². The number of carbonyl (C=O) groups is 1. The molecule has 0 aromatic heterocycles. The highest BCUT2D eigenvalue weighted by molar-refractivity contribution is 9.10. The molecule has 1 unspecified atom stereocenters. The summed E-state index contributed by atoms with van der Waals surface area (Å²) in [6, 6.07) is 14.3. The van der Waals surface area contributed by atoms with Crippen molar-refractivity contribution in [3.63, 3.8) is 0 Å². The molecule has 0 bridgehead atoms. The normalized spacial score (nSPS) is 11.7. The van der Waals surface area contributed by atoms with Crippen LogP contribution < -0.4 is 0 Å². The Bertz CT molecular complexity index is 709. The van der Waals surface area contributed by atoms with Crippen LogP contribution in [0.1, 0.15) is 21.8 Å². The molecule has 2 aromatic carbocycles. The van der Waals surface area contributed by atoms with Crippen LogP contribution in [0.2, 0.25) is 5.02 Å². The lowest BCUT2D eigenvalue weighted by Gasteiger charge is -2.12. The van der Waals surface area contributed by atoms with Crippen molar-refractivity contribution in [2.24, 2.45) is 0 Å². The van der Waals surface area contributed by atoms with Gasteiger partial charge >= 0.3 is 0 Å². The molecule has 0 aliphatic heterocycles. The van der Waals surface area contributed by atoms with Gasteiger partial charge in [0.15, 0.2) is 5.78 Å². The van der Waals surface area contributed by atoms with Crippen molar-refractivity contribution in [2.45, 2.75) is 5.92 Å². The number of carbonyl (C=O) groups excluding carboxylic acids is 1. The number of ketones is 1. The highest BCUT2D eigenvalue weighted by Gasteiger charge is 2.25. The Morgan fingerprint density at radius 2 is 1.75 bits per heavy atom. The van der Waals surface area contributed by atoms with Crippen LogP contribution in [0, 0.1) is 11.3 Å². The van der Waals surface area contributed by atoms with Gasteiger partial charge in [-0.3, -0.25) is 4.79 Å². The van der Waals surface area contributed by atoms with Gasteiger partial charge in [0.1, 0.15) is 5.92 Å². The van der Waals surface area contributed by atoms with Crippen LogP contribution in [0.3, 0.4) is 0 Å². The summed E-state index contributed by atoms with van der Waals surface area (Å²) in [5.41, 5.74) is 0.972. The number of nitrogens with zero attached hydrogens (tertiary/aromatic N) is 1. The largest absolute Gasteiger partial charge is 0.292 e. The zero-order chi connectivity index (χ0) is 14.7. The average Bonchev–Trinajstić information content (AvgIpc) is 2.44. The van der Waals surface area contributed by atoms with Crippen LogP contribution in [-0.4, -0.2) is 5.78 Å². The number of nitriles is 1. The second-order valence-corrected chi connectivity index (χ2v) is 6.14. The minimum Gasteiger partial charge on any atom is -0.292 e. The molecule has 0 saturated heterocycles. The topological polar surface area (TPSA) is 40.9 Å². The number of halogens is 3. The van der Waals surface area contributed by atoms with Crippen molar-refractivity contribution >= 4 is 49.2 Å². The van der Waals surface area contributed by atoms with E-state index in [4.69, 9.17) is 11.6 Å². The van der Waals surface area contributed by atoms with Crippen molar-refractivity contribution in [1.29, 1.82) is 5.26 Å². The molecule has 0 saturated carbocycles. The van der Waals surface area contributed by atoms with Crippen LogP contribution in [-0.2, 0) is 0 Å². The fraction of sp³-hybridized carbons (Fsp3) is 0.0667. The molecule has 20 heavy (non-hydrogen) atoms. The van der Waals surface area contributed by atoms with E-state index in [1.54, 1.807) is 36.4 Å². The number of hydrogen-bond donors (Lipinski definition) is 0. The number of benzene rings is 2. The molecular weight excluding hydrogens is 405 g/mol. The maximum Gasteiger partial charge on any atom is 0.186 e. The summed E-state index contributed by atoms with van der Waals surface area (Å²) in [7, 11) is 0. The number of hydrogen-bond acceptors (Lipinski definition) is 2. The molecule has 0 aliphatic rings. The van der Waals surface area contributed by atoms with Gasteiger partial charge < -0.3 is 0 Å². The minimum atomic E-state index is -0.891. The second-order valence-electron chi connectivity index (χ2n) is 4.05. The lowest BCUT2D eigenvalue weighted by molar-refractivity contribution is 0.0978. The smallest absolute Gasteiger partial charge is 0.186 e. The third-order valence-electron chi connectivity index (χ3n) is 2.82. The molecule has 2 rings (SSSR count). The Morgan fingerprint density at radius 1 is 1.10 bits per heavy atom. The van der Waals surface area contributed by atoms with Gasteiger partial charge in [-0.2, -0.15) is 5.26 Å². The fourth-order valence-corrected chi connectivity index (χ4v) is 2.93. The Balaban J connectivity index is 2.49. The lowest BCUT2D eigenvalue weighted by atomic mass is 9.92. The zero-order valence-corrected chi connectivity index (χ0v) is 14.0. The van der Waals surface area contributed by atoms with Crippen molar-refractivity contribution in [3.8, 4) is 6.07 Å². The zero-order valence-electron chi connectivity index (χ0n) is 10.1. The van der Waals surface area contributed by atoms with E-state index < -0.39 is 5.92 Å². The predicted molar refractivity (Wildman–Crippen MR) is 86.0 cm³/mol. The lowest BCUT2D eigenvalue weighted by Crippen LogP contribution is -2.12. The van der Waals surface area contributed by atoms with Gasteiger partial charge in [-0.05, 0) is 39.7 Å². The molecule has 0 heterocycles. The first kappa shape index (κ1) is 15.2. The average molecular weight is 413 g/mol. The van der Waals surface area contributed by atoms with Crippen LogP contribution >= 0.6 is 43.5 Å². The van der Waals surface area contributed by atoms with E-state index in [-0.39, 0.29) is 5.78 Å². The highest BCUT2D eigenvalue weighted by atomic mass is 79.9. The van der Waals surface area contributed by atoms with E-state index in [0.29, 0.717) is 20.6 Å². The van der Waals surface area contributed by atoms with Gasteiger partial charge in [-0.25, -0.2) is 0 Å². The first-order valence-electron chi connectivity index (χ1n) is 5.68. The number of rotatable bonds is 3. The first-order chi connectivity index (χ1) is 9.56. The van der Waals surface area contributed by atoms with E-state index in [2.05, 4.69) is 37.9 Å². The molecule has 0 spiro atoms. The molecule has 0 amide bonds. The molecule has 1 atom stereocenters. The Hall–Kier alpha value is -1.15. The Labute approximate surface area is 138 Å². The van der Waals surface area contributed by atoms with E-state index in [1.807, 2.05) is 6.07 Å². The summed E-state index contributed by atoms with van der Waals surface area (Å²) in [5, 5.41) is 9.67. The van der Waals surface area contributed by atoms with Crippen LogP contribution in [0.4, 0.5) is 0 Å². The van der Waals surface area contributed by atoms with Gasteiger partial charge in [-0.1, -0.05) is 51.8 Å². The van der Waals surface area contributed by atoms with Gasteiger partial charge in [0.25, 0.3) is 0 Å². The minimum absolute atomic E-state index is 0.314. The van der Waals surface area contributed by atoms with Crippen molar-refractivity contribution in [1.82, 2.24) is 0 Å². The summed E-state index contributed by atoms with van der Waals surface area (Å²) >= 11 is 12.8. The molecule has 2 nitrogen and oxygen atoms in total. The maximum atomic E-state index is 12.6. The van der Waals surface area contributed by atoms with Crippen molar-refractivity contribution in [3.05, 3.63) is 67.6 Å². The Kier molecular flexibility index (Phi) is 4.98. The van der Waals surface area contributed by atoms with Gasteiger partial charge in [0, 0.05) is 14.5 Å². The Morgan fingerprint density at radius 3 is 2.40 bits per heavy atom. The van der Waals surface area contributed by atoms with Crippen molar-refractivity contribution < 1.29 is 4.79 Å². The molecule has 0 fully saturated rings. The van der Waals surface area contributed by atoms with Crippen molar-refractivity contribution in [2.75, 3.05) is 0 Å². The summed E-state index contributed by atoms with van der Waals surface area (Å²) in [6.07, 6.45) is 0. The molecule has 0 N–H and O–H groups in total. The molecule has 0 aliphatic carbocycles. The summed E-state index contributed by atoms with van der Waals surface area (Å²) in [6.45, 7) is 0. The SMILES string of the molecule is N#CC(C(=O)c1cccc(Br)c1Cl)c1ccccc1Br. The highest BCUT2D eigenvalue weighted by Crippen LogP contribution is 2.32. The summed E-state index contributed by atoms with van der Waals surface area (Å²) in [4.78, 5) is 12.6. The maximum absolute atomic E-state index is 12.6. The third kappa shape index (κ3) is 2.95. The molecule has 100 valence electrons. The summed E-state index contributed by atoms with van der Waals surface area (Å²) < 4.78 is 1.36. The predicted octanol–water partition coefficient (Wildman–Crippen LogP) is 5.36. The van der Waals surface area contributed by atoms with E-state index in [9.17, 15) is 10.1 Å². The van der Waals surface area contributed by atoms with E-state index in [0.717, 1.165) is 4.47 Å². The molecular formula is C15H8Br2ClNO. The number of Topliss-reactive ketones (excluding diaryl/α,β-unsaturated/α-hetero) is 1. The fourth-order valence-electron chi connectivity index (χ4n) is 1.83. The standard InChI is InChI=1S/C15H8Br2ClNO/c16-12-6-2-1-4-9(12)11(8-19)15(20)10-5-3-7-13(17)14(10)18/h1-7,11H. The van der Waals surface area contributed by atoms with Gasteiger partial charge in [0.05, 0.1) is 11.1 Å². The van der Waals surface area contributed by atoms with Crippen LogP contribution in [0.25, 0.3) is 0 Å². The second kappa shape index (κ2) is 6.53. The quantitative estimate of drug-likeness (QED) is 0.636. The third-order valence-corrected chi connectivity index (χ3v) is 4.84. The molecule has 2 aromatic rings. The molecule has 5 heteroatoms. The molecule has 0 radical (unpaired) electrons.